The monoisotopic (exact) mass is 317 g/mol. The van der Waals surface area contributed by atoms with Crippen LogP contribution in [0.25, 0.3) is 6.08 Å². The Morgan fingerprint density at radius 2 is 2.27 bits per heavy atom. The van der Waals surface area contributed by atoms with E-state index >= 15 is 0 Å². The molecule has 0 saturated heterocycles. The van der Waals surface area contributed by atoms with Gasteiger partial charge in [-0.15, -0.1) is 0 Å². The van der Waals surface area contributed by atoms with Crippen molar-refractivity contribution >= 4 is 17.7 Å². The van der Waals surface area contributed by atoms with Gasteiger partial charge in [0.05, 0.1) is 5.69 Å². The van der Waals surface area contributed by atoms with Crippen LogP contribution in [0.3, 0.4) is 0 Å². The van der Waals surface area contributed by atoms with Crippen LogP contribution in [0.1, 0.15) is 29.8 Å². The zero-order valence-corrected chi connectivity index (χ0v) is 13.8. The van der Waals surface area contributed by atoms with Gasteiger partial charge in [0.1, 0.15) is 12.4 Å². The molecule has 2 aromatic rings. The molecule has 0 bridgehead atoms. The number of nitrogens with one attached hydrogen (secondary N) is 1. The Bertz CT molecular complexity index is 721. The first-order chi connectivity index (χ1) is 10.5. The Kier molecular flexibility index (Phi) is 4.23. The molecule has 22 heavy (non-hydrogen) atoms. The second-order valence-electron chi connectivity index (χ2n) is 5.72. The van der Waals surface area contributed by atoms with Crippen molar-refractivity contribution in [1.82, 2.24) is 15.1 Å². The normalized spacial score (nSPS) is 15.0. The van der Waals surface area contributed by atoms with Crippen LogP contribution in [0.15, 0.2) is 30.0 Å². The van der Waals surface area contributed by atoms with Crippen molar-refractivity contribution in [3.05, 3.63) is 51.8 Å². The van der Waals surface area contributed by atoms with E-state index in [1.165, 1.54) is 11.1 Å². The fraction of sp³-hybridized carbons (Fsp3) is 0.353. The maximum atomic E-state index is 6.04. The molecular weight excluding hydrogens is 298 g/mol. The Balaban J connectivity index is 1.68. The quantitative estimate of drug-likeness (QED) is 0.938. The third-order valence-electron chi connectivity index (χ3n) is 3.90. The lowest BCUT2D eigenvalue weighted by molar-refractivity contribution is 0.341. The minimum atomic E-state index is 0.246. The average molecular weight is 318 g/mol. The lowest BCUT2D eigenvalue weighted by Crippen LogP contribution is -2.24. The Morgan fingerprint density at radius 1 is 1.45 bits per heavy atom. The van der Waals surface area contributed by atoms with E-state index in [0.717, 1.165) is 28.6 Å². The fourth-order valence-corrected chi connectivity index (χ4v) is 2.92. The summed E-state index contributed by atoms with van der Waals surface area (Å²) in [4.78, 5) is 0. The van der Waals surface area contributed by atoms with Gasteiger partial charge in [0.15, 0.2) is 0 Å². The molecule has 0 radical (unpaired) electrons. The highest BCUT2D eigenvalue weighted by molar-refractivity contribution is 6.30. The third kappa shape index (κ3) is 3.18. The molecule has 0 spiro atoms. The summed E-state index contributed by atoms with van der Waals surface area (Å²) < 4.78 is 7.62. The van der Waals surface area contributed by atoms with Gasteiger partial charge >= 0.3 is 0 Å². The van der Waals surface area contributed by atoms with E-state index in [2.05, 4.69) is 29.6 Å². The summed E-state index contributed by atoms with van der Waals surface area (Å²) in [5.41, 5.74) is 4.54. The summed E-state index contributed by atoms with van der Waals surface area (Å²) in [7, 11) is 1.95. The van der Waals surface area contributed by atoms with E-state index in [4.69, 9.17) is 16.3 Å². The number of hydrogen-bond acceptors (Lipinski definition) is 3. The smallest absolute Gasteiger partial charge is 0.127 e. The maximum absolute atomic E-state index is 6.04. The number of aromatic nitrogens is 2. The summed E-state index contributed by atoms with van der Waals surface area (Å²) in [5.74, 6) is 0.893. The maximum Gasteiger partial charge on any atom is 0.127 e. The number of rotatable bonds is 4. The fourth-order valence-electron chi connectivity index (χ4n) is 2.73. The van der Waals surface area contributed by atoms with Gasteiger partial charge in [-0.1, -0.05) is 11.6 Å². The molecule has 1 atom stereocenters. The second kappa shape index (κ2) is 6.15. The zero-order chi connectivity index (χ0) is 15.7. The molecule has 5 heteroatoms. The molecule has 1 aromatic heterocycles. The lowest BCUT2D eigenvalue weighted by atomic mass is 10.1. The molecule has 1 aliphatic rings. The largest absolute Gasteiger partial charge is 0.489 e. The lowest BCUT2D eigenvalue weighted by Gasteiger charge is -2.20. The Morgan fingerprint density at radius 3 is 3.00 bits per heavy atom. The highest BCUT2D eigenvalue weighted by Crippen LogP contribution is 2.29. The molecule has 3 rings (SSSR count). The SMILES string of the molecule is Cc1nn(C)cc1[C@H](C)NCC1=Cc2cc(Cl)ccc2OC1. The van der Waals surface area contributed by atoms with Gasteiger partial charge in [-0.25, -0.2) is 0 Å². The Hall–Kier alpha value is -1.78. The van der Waals surface area contributed by atoms with Gasteiger partial charge in [0, 0.05) is 42.0 Å². The third-order valence-corrected chi connectivity index (χ3v) is 4.13. The number of aryl methyl sites for hydroxylation is 2. The molecular formula is C17H20ClN3O. The predicted octanol–water partition coefficient (Wildman–Crippen LogP) is 3.51. The molecule has 1 aliphatic heterocycles. The molecule has 0 aliphatic carbocycles. The second-order valence-corrected chi connectivity index (χ2v) is 6.16. The number of nitrogens with zero attached hydrogens (tertiary/aromatic N) is 2. The summed E-state index contributed by atoms with van der Waals surface area (Å²) in [6, 6.07) is 5.95. The first-order valence-corrected chi connectivity index (χ1v) is 7.76. The van der Waals surface area contributed by atoms with Gasteiger partial charge in [-0.05, 0) is 43.7 Å². The van der Waals surface area contributed by atoms with Crippen LogP contribution < -0.4 is 10.1 Å². The average Bonchev–Trinajstić information content (AvgIpc) is 2.83. The van der Waals surface area contributed by atoms with E-state index in [1.54, 1.807) is 0 Å². The minimum Gasteiger partial charge on any atom is -0.489 e. The van der Waals surface area contributed by atoms with Gasteiger partial charge in [-0.3, -0.25) is 4.68 Å². The highest BCUT2D eigenvalue weighted by atomic mass is 35.5. The van der Waals surface area contributed by atoms with Crippen molar-refractivity contribution in [3.8, 4) is 5.75 Å². The van der Waals surface area contributed by atoms with Crippen LogP contribution in [0.2, 0.25) is 5.02 Å². The van der Waals surface area contributed by atoms with Crippen LogP contribution in [0.5, 0.6) is 5.75 Å². The number of fused-ring (bicyclic) bond motifs is 1. The first-order valence-electron chi connectivity index (χ1n) is 7.38. The molecule has 2 heterocycles. The van der Waals surface area contributed by atoms with E-state index in [1.807, 2.05) is 36.9 Å². The molecule has 4 nitrogen and oxygen atoms in total. The summed E-state index contributed by atoms with van der Waals surface area (Å²) in [6.07, 6.45) is 4.22. The van der Waals surface area contributed by atoms with Gasteiger partial charge in [0.2, 0.25) is 0 Å². The molecule has 116 valence electrons. The first kappa shape index (κ1) is 15.1. The zero-order valence-electron chi connectivity index (χ0n) is 13.1. The molecule has 0 amide bonds. The van der Waals surface area contributed by atoms with Crippen molar-refractivity contribution < 1.29 is 4.74 Å². The van der Waals surface area contributed by atoms with Crippen molar-refractivity contribution in [2.75, 3.05) is 13.2 Å². The van der Waals surface area contributed by atoms with E-state index in [-0.39, 0.29) is 6.04 Å². The summed E-state index contributed by atoms with van der Waals surface area (Å²) in [6.45, 7) is 5.58. The van der Waals surface area contributed by atoms with Crippen molar-refractivity contribution in [3.63, 3.8) is 0 Å². The number of hydrogen-bond donors (Lipinski definition) is 1. The number of halogens is 1. The molecule has 1 aromatic carbocycles. The number of benzene rings is 1. The number of ether oxygens (including phenoxy) is 1. The van der Waals surface area contributed by atoms with Gasteiger partial charge in [0.25, 0.3) is 0 Å². The summed E-state index contributed by atoms with van der Waals surface area (Å²) in [5, 5.41) is 8.65. The van der Waals surface area contributed by atoms with Crippen LogP contribution >= 0.6 is 11.6 Å². The van der Waals surface area contributed by atoms with Crippen LogP contribution in [-0.2, 0) is 7.05 Å². The molecule has 1 N–H and O–H groups in total. The van der Waals surface area contributed by atoms with Crippen molar-refractivity contribution in [1.29, 1.82) is 0 Å². The predicted molar refractivity (Wildman–Crippen MR) is 89.3 cm³/mol. The van der Waals surface area contributed by atoms with Crippen LogP contribution in [0, 0.1) is 6.92 Å². The van der Waals surface area contributed by atoms with E-state index in [9.17, 15) is 0 Å². The summed E-state index contributed by atoms with van der Waals surface area (Å²) >= 11 is 6.04. The van der Waals surface area contributed by atoms with E-state index < -0.39 is 0 Å². The van der Waals surface area contributed by atoms with E-state index in [0.29, 0.717) is 6.61 Å². The standard InChI is InChI=1S/C17H20ClN3O/c1-11(16-9-21(3)20-12(16)2)19-8-13-6-14-7-15(18)4-5-17(14)22-10-13/h4-7,9,11,19H,8,10H2,1-3H3/t11-/m0/s1. The minimum absolute atomic E-state index is 0.246. The van der Waals surface area contributed by atoms with Gasteiger partial charge in [-0.2, -0.15) is 5.10 Å². The van der Waals surface area contributed by atoms with Crippen LogP contribution in [-0.4, -0.2) is 22.9 Å². The van der Waals surface area contributed by atoms with Crippen molar-refractivity contribution in [2.45, 2.75) is 19.9 Å². The molecule has 0 saturated carbocycles. The molecule has 0 fully saturated rings. The highest BCUT2D eigenvalue weighted by Gasteiger charge is 2.15. The topological polar surface area (TPSA) is 39.1 Å². The van der Waals surface area contributed by atoms with Gasteiger partial charge < -0.3 is 10.1 Å². The van der Waals surface area contributed by atoms with Crippen LogP contribution in [0.4, 0.5) is 0 Å². The Labute approximate surface area is 135 Å². The van der Waals surface area contributed by atoms with Crippen molar-refractivity contribution in [2.24, 2.45) is 7.05 Å². The molecule has 0 unspecified atom stereocenters.